The number of hydrogen-bond donors (Lipinski definition) is 3. The Hall–Kier alpha value is -2.44. The van der Waals surface area contributed by atoms with Gasteiger partial charge in [0.15, 0.2) is 6.10 Å². The Bertz CT molecular complexity index is 779. The number of halogens is 2. The van der Waals surface area contributed by atoms with Gasteiger partial charge in [-0.3, -0.25) is 4.79 Å². The van der Waals surface area contributed by atoms with Crippen molar-refractivity contribution >= 4 is 46.5 Å². The number of benzene rings is 2. The first-order chi connectivity index (χ1) is 12.4. The molecule has 1 unspecified atom stereocenters. The molecule has 8 heteroatoms. The Kier molecular flexibility index (Phi) is 7.12. The van der Waals surface area contributed by atoms with Crippen molar-refractivity contribution in [3.8, 4) is 5.75 Å². The van der Waals surface area contributed by atoms with Crippen molar-refractivity contribution in [1.29, 1.82) is 0 Å². The summed E-state index contributed by atoms with van der Waals surface area (Å²) in [5, 5.41) is 8.88. The van der Waals surface area contributed by atoms with E-state index in [4.69, 9.17) is 27.9 Å². The average Bonchev–Trinajstić information content (AvgIpc) is 2.54. The molecule has 2 aromatic rings. The van der Waals surface area contributed by atoms with Crippen LogP contribution in [0.25, 0.3) is 0 Å². The Morgan fingerprint density at radius 3 is 2.27 bits per heavy atom. The van der Waals surface area contributed by atoms with Gasteiger partial charge >= 0.3 is 6.03 Å². The lowest BCUT2D eigenvalue weighted by molar-refractivity contribution is -0.122. The first kappa shape index (κ1) is 19.9. The van der Waals surface area contributed by atoms with Crippen LogP contribution in [0.4, 0.5) is 16.2 Å². The Morgan fingerprint density at radius 1 is 1.04 bits per heavy atom. The monoisotopic (exact) mass is 395 g/mol. The summed E-state index contributed by atoms with van der Waals surface area (Å²) in [7, 11) is 0. The predicted molar refractivity (Wildman–Crippen MR) is 104 cm³/mol. The van der Waals surface area contributed by atoms with Gasteiger partial charge in [-0.05, 0) is 50.2 Å². The van der Waals surface area contributed by atoms with E-state index in [9.17, 15) is 9.59 Å². The maximum absolute atomic E-state index is 12.3. The highest BCUT2D eigenvalue weighted by Crippen LogP contribution is 2.25. The average molecular weight is 396 g/mol. The van der Waals surface area contributed by atoms with Crippen LogP contribution in [0.1, 0.15) is 13.8 Å². The minimum atomic E-state index is -0.774. The van der Waals surface area contributed by atoms with Crippen molar-refractivity contribution in [3.63, 3.8) is 0 Å². The van der Waals surface area contributed by atoms with E-state index >= 15 is 0 Å². The van der Waals surface area contributed by atoms with Crippen molar-refractivity contribution in [2.24, 2.45) is 0 Å². The van der Waals surface area contributed by atoms with Gasteiger partial charge in [0.25, 0.3) is 5.91 Å². The number of anilines is 2. The summed E-state index contributed by atoms with van der Waals surface area (Å²) in [6, 6.07) is 11.2. The van der Waals surface area contributed by atoms with E-state index in [1.165, 1.54) is 0 Å². The number of carbonyl (C=O) groups excluding carboxylic acids is 2. The fraction of sp³-hybridized carbons (Fsp3) is 0.222. The summed E-state index contributed by atoms with van der Waals surface area (Å²) < 4.78 is 5.58. The largest absolute Gasteiger partial charge is 0.481 e. The lowest BCUT2D eigenvalue weighted by Crippen LogP contribution is -2.30. The maximum Gasteiger partial charge on any atom is 0.319 e. The second-order valence-corrected chi connectivity index (χ2v) is 6.29. The molecule has 3 N–H and O–H groups in total. The van der Waals surface area contributed by atoms with Crippen molar-refractivity contribution in [2.45, 2.75) is 20.0 Å². The second kappa shape index (κ2) is 9.31. The summed E-state index contributed by atoms with van der Waals surface area (Å²) in [6.07, 6.45) is -0.774. The molecule has 138 valence electrons. The molecule has 0 heterocycles. The van der Waals surface area contributed by atoms with Crippen LogP contribution >= 0.6 is 23.2 Å². The molecule has 2 rings (SSSR count). The minimum Gasteiger partial charge on any atom is -0.481 e. The van der Waals surface area contributed by atoms with E-state index in [2.05, 4.69) is 16.0 Å². The second-order valence-electron chi connectivity index (χ2n) is 5.42. The molecular weight excluding hydrogens is 377 g/mol. The van der Waals surface area contributed by atoms with Gasteiger partial charge in [0.05, 0.1) is 0 Å². The van der Waals surface area contributed by atoms with E-state index in [0.717, 1.165) is 0 Å². The fourth-order valence-corrected chi connectivity index (χ4v) is 2.61. The Balaban J connectivity index is 1.99. The maximum atomic E-state index is 12.3. The molecule has 0 saturated carbocycles. The van der Waals surface area contributed by atoms with E-state index in [1.54, 1.807) is 49.4 Å². The van der Waals surface area contributed by atoms with E-state index < -0.39 is 6.10 Å². The summed E-state index contributed by atoms with van der Waals surface area (Å²) in [6.45, 7) is 3.95. The van der Waals surface area contributed by atoms with Crippen LogP contribution in [0.5, 0.6) is 5.75 Å². The van der Waals surface area contributed by atoms with Crippen LogP contribution < -0.4 is 20.7 Å². The molecule has 0 aliphatic rings. The van der Waals surface area contributed by atoms with Gasteiger partial charge in [0.2, 0.25) is 0 Å². The number of carbonyl (C=O) groups is 2. The summed E-state index contributed by atoms with van der Waals surface area (Å²) in [5.41, 5.74) is 1.09. The number of ether oxygens (including phenoxy) is 1. The van der Waals surface area contributed by atoms with E-state index in [-0.39, 0.29) is 11.9 Å². The summed E-state index contributed by atoms with van der Waals surface area (Å²) in [5.74, 6) is 0.0491. The zero-order chi connectivity index (χ0) is 19.1. The smallest absolute Gasteiger partial charge is 0.319 e. The van der Waals surface area contributed by atoms with Crippen LogP contribution in [0.2, 0.25) is 10.0 Å². The molecule has 0 aliphatic carbocycles. The molecule has 2 aromatic carbocycles. The molecule has 0 aromatic heterocycles. The highest BCUT2D eigenvalue weighted by Gasteiger charge is 2.16. The van der Waals surface area contributed by atoms with Crippen molar-refractivity contribution in [3.05, 3.63) is 52.5 Å². The number of rotatable bonds is 6. The molecule has 26 heavy (non-hydrogen) atoms. The molecule has 0 fully saturated rings. The summed E-state index contributed by atoms with van der Waals surface area (Å²) >= 11 is 11.8. The third-order valence-electron chi connectivity index (χ3n) is 3.24. The van der Waals surface area contributed by atoms with Gasteiger partial charge in [-0.25, -0.2) is 4.79 Å². The third kappa shape index (κ3) is 6.13. The van der Waals surface area contributed by atoms with Crippen molar-refractivity contribution in [1.82, 2.24) is 5.32 Å². The lowest BCUT2D eigenvalue weighted by Gasteiger charge is -2.15. The molecule has 0 bridgehead atoms. The highest BCUT2D eigenvalue weighted by molar-refractivity contribution is 6.34. The Labute approximate surface area is 161 Å². The first-order valence-corrected chi connectivity index (χ1v) is 8.71. The molecular formula is C18H19Cl2N3O3. The van der Waals surface area contributed by atoms with Crippen molar-refractivity contribution in [2.75, 3.05) is 17.2 Å². The normalized spacial score (nSPS) is 11.4. The fourth-order valence-electron chi connectivity index (χ4n) is 2.11. The SMILES string of the molecule is CCNC(=O)Nc1cccc(NC(=O)C(C)Oc2cc(Cl)cc(Cl)c2)c1. The van der Waals surface area contributed by atoms with Crippen LogP contribution in [-0.2, 0) is 4.79 Å². The number of hydrogen-bond acceptors (Lipinski definition) is 3. The third-order valence-corrected chi connectivity index (χ3v) is 3.68. The quantitative estimate of drug-likeness (QED) is 0.671. The number of amides is 3. The topological polar surface area (TPSA) is 79.5 Å². The van der Waals surface area contributed by atoms with Crippen LogP contribution in [0, 0.1) is 0 Å². The van der Waals surface area contributed by atoms with Crippen molar-refractivity contribution < 1.29 is 14.3 Å². The molecule has 0 spiro atoms. The molecule has 0 saturated heterocycles. The summed E-state index contributed by atoms with van der Waals surface area (Å²) in [4.78, 5) is 23.9. The highest BCUT2D eigenvalue weighted by atomic mass is 35.5. The van der Waals surface area contributed by atoms with Gasteiger partial charge in [-0.2, -0.15) is 0 Å². The van der Waals surface area contributed by atoms with Crippen LogP contribution in [-0.4, -0.2) is 24.6 Å². The zero-order valence-corrected chi connectivity index (χ0v) is 15.8. The molecule has 1 atom stereocenters. The van der Waals surface area contributed by atoms with Gasteiger partial charge in [0.1, 0.15) is 5.75 Å². The minimum absolute atomic E-state index is 0.314. The molecule has 0 aliphatic heterocycles. The first-order valence-electron chi connectivity index (χ1n) is 7.96. The Morgan fingerprint density at radius 2 is 1.65 bits per heavy atom. The van der Waals surface area contributed by atoms with Gasteiger partial charge in [0, 0.05) is 28.0 Å². The molecule has 6 nitrogen and oxygen atoms in total. The van der Waals surface area contributed by atoms with E-state index in [1.807, 2.05) is 6.92 Å². The van der Waals surface area contributed by atoms with Gasteiger partial charge in [-0.1, -0.05) is 29.3 Å². The number of nitrogens with one attached hydrogen (secondary N) is 3. The lowest BCUT2D eigenvalue weighted by atomic mass is 10.2. The van der Waals surface area contributed by atoms with Crippen LogP contribution in [0.15, 0.2) is 42.5 Å². The van der Waals surface area contributed by atoms with Gasteiger partial charge < -0.3 is 20.7 Å². The molecule has 3 amide bonds. The standard InChI is InChI=1S/C18H19Cl2N3O3/c1-3-21-18(25)23-15-6-4-5-14(10-15)22-17(24)11(2)26-16-8-12(19)7-13(20)9-16/h4-11H,3H2,1-2H3,(H,22,24)(H2,21,23,25). The number of urea groups is 1. The van der Waals surface area contributed by atoms with Gasteiger partial charge in [-0.15, -0.1) is 0 Å². The zero-order valence-electron chi connectivity index (χ0n) is 14.3. The van der Waals surface area contributed by atoms with E-state index in [0.29, 0.717) is 33.7 Å². The predicted octanol–water partition coefficient (Wildman–Crippen LogP) is 4.54. The van der Waals surface area contributed by atoms with Crippen LogP contribution in [0.3, 0.4) is 0 Å². The molecule has 0 radical (unpaired) electrons.